The van der Waals surface area contributed by atoms with Crippen LogP contribution in [0.2, 0.25) is 0 Å². The van der Waals surface area contributed by atoms with E-state index in [9.17, 15) is 29.7 Å². The van der Waals surface area contributed by atoms with Gasteiger partial charge in [0.1, 0.15) is 12.7 Å². The molecular weight excluding hydrogens is 861 g/mol. The molecule has 0 saturated heterocycles. The van der Waals surface area contributed by atoms with Gasteiger partial charge in [0.25, 0.3) is 0 Å². The number of ether oxygens (including phenoxy) is 1. The second kappa shape index (κ2) is 59.5. The lowest BCUT2D eigenvalue weighted by molar-refractivity contribution is -0.147. The molecule has 0 saturated carbocycles. The fourth-order valence-electron chi connectivity index (χ4n) is 8.31. The molecule has 4 unspecified atom stereocenters. The Morgan fingerprint density at radius 3 is 0.779 bits per heavy atom. The van der Waals surface area contributed by atoms with Gasteiger partial charge >= 0.3 is 17.9 Å². The highest BCUT2D eigenvalue weighted by molar-refractivity contribution is 5.69. The van der Waals surface area contributed by atoms with Crippen LogP contribution >= 0.6 is 0 Å². The van der Waals surface area contributed by atoms with Crippen LogP contribution in [-0.2, 0) is 19.1 Å². The smallest absolute Gasteiger partial charge is 0.305 e. The third kappa shape index (κ3) is 66.3. The standard InChI is InChI=1S/C21H42O5.2C18H36O3/c1-2-3-4-11-14-19(23)15-12-9-7-5-6-8-10-13-16-21(25)26-18-20(24)17-22;2*1-2-3-4-11-14-17(19)15-12-9-7-5-6-8-10-13-16-18(20)21/h19-20,22-24H,2-18H2,1H3;2*17,19H,2-16H2,1H3,(H,20,21). The van der Waals surface area contributed by atoms with Crippen LogP contribution in [0.1, 0.15) is 310 Å². The molecule has 0 heterocycles. The first-order valence-corrected chi connectivity index (χ1v) is 28.8. The van der Waals surface area contributed by atoms with E-state index in [-0.39, 0.29) is 37.5 Å². The molecule has 11 heteroatoms. The molecule has 0 aliphatic rings. The Balaban J connectivity index is -0.000000940. The third-order valence-corrected chi connectivity index (χ3v) is 12.8. The van der Waals surface area contributed by atoms with Crippen LogP contribution in [0.3, 0.4) is 0 Å². The zero-order valence-electron chi connectivity index (χ0n) is 44.8. The molecule has 0 amide bonds. The van der Waals surface area contributed by atoms with Gasteiger partial charge in [0.2, 0.25) is 0 Å². The Morgan fingerprint density at radius 2 is 0.544 bits per heavy atom. The van der Waals surface area contributed by atoms with Crippen LogP contribution in [-0.4, -0.2) is 91.3 Å². The van der Waals surface area contributed by atoms with Crippen LogP contribution in [0, 0.1) is 0 Å². The van der Waals surface area contributed by atoms with Crippen LogP contribution in [0.4, 0.5) is 0 Å². The number of aliphatic hydroxyl groups is 5. The number of hydrogen-bond acceptors (Lipinski definition) is 9. The van der Waals surface area contributed by atoms with E-state index in [0.29, 0.717) is 19.3 Å². The Labute approximate surface area is 418 Å². The average molecular weight is 976 g/mol. The number of aliphatic hydroxyl groups excluding tert-OH is 5. The summed E-state index contributed by atoms with van der Waals surface area (Å²) in [5.74, 6) is -1.66. The number of carboxylic acid groups (broad SMARTS) is 2. The van der Waals surface area contributed by atoms with Crippen molar-refractivity contribution in [3.63, 3.8) is 0 Å². The highest BCUT2D eigenvalue weighted by Crippen LogP contribution is 2.17. The van der Waals surface area contributed by atoms with E-state index >= 15 is 0 Å². The van der Waals surface area contributed by atoms with E-state index in [0.717, 1.165) is 122 Å². The van der Waals surface area contributed by atoms with Crippen LogP contribution in [0.15, 0.2) is 0 Å². The maximum atomic E-state index is 11.4. The SMILES string of the molecule is CCCCCCC(O)CCCCCCCCCCC(=O)O.CCCCCCC(O)CCCCCCCCCCC(=O)O.CCCCCCC(O)CCCCCCCCCCC(=O)OCC(O)CO. The molecule has 0 spiro atoms. The van der Waals surface area contributed by atoms with Crippen molar-refractivity contribution in [3.05, 3.63) is 0 Å². The molecular formula is C57H114O11. The van der Waals surface area contributed by atoms with Crippen LogP contribution < -0.4 is 0 Å². The molecule has 0 aliphatic carbocycles. The van der Waals surface area contributed by atoms with Crippen molar-refractivity contribution in [1.29, 1.82) is 0 Å². The molecule has 4 atom stereocenters. The number of unbranched alkanes of at least 4 members (excludes halogenated alkanes) is 30. The zero-order chi connectivity index (χ0) is 51.0. The maximum Gasteiger partial charge on any atom is 0.305 e. The Morgan fingerprint density at radius 1 is 0.324 bits per heavy atom. The van der Waals surface area contributed by atoms with Crippen molar-refractivity contribution >= 4 is 17.9 Å². The molecule has 0 aliphatic heterocycles. The molecule has 0 aromatic heterocycles. The fourth-order valence-corrected chi connectivity index (χ4v) is 8.31. The summed E-state index contributed by atoms with van der Waals surface area (Å²) in [6.07, 6.45) is 47.6. The number of carbonyl (C=O) groups excluding carboxylic acids is 1. The molecule has 0 aromatic rings. The molecule has 0 rings (SSSR count). The first-order chi connectivity index (χ1) is 32.9. The topological polar surface area (TPSA) is 202 Å². The number of esters is 1. The molecule has 0 radical (unpaired) electrons. The number of hydrogen-bond donors (Lipinski definition) is 7. The largest absolute Gasteiger partial charge is 0.481 e. The maximum absolute atomic E-state index is 11.4. The lowest BCUT2D eigenvalue weighted by Crippen LogP contribution is -2.21. The summed E-state index contributed by atoms with van der Waals surface area (Å²) in [7, 11) is 0. The Hall–Kier alpha value is -1.79. The Bertz CT molecular complexity index is 964. The van der Waals surface area contributed by atoms with Gasteiger partial charge in [0.15, 0.2) is 0 Å². The minimum absolute atomic E-state index is 0.0853. The Kier molecular flexibility index (Phi) is 61.7. The highest BCUT2D eigenvalue weighted by atomic mass is 16.5. The number of carbonyl (C=O) groups is 3. The van der Waals surface area contributed by atoms with Gasteiger partial charge in [0.05, 0.1) is 24.9 Å². The van der Waals surface area contributed by atoms with E-state index in [1.807, 2.05) is 0 Å². The average Bonchev–Trinajstić information content (AvgIpc) is 3.31. The second-order valence-electron chi connectivity index (χ2n) is 19.9. The van der Waals surface area contributed by atoms with E-state index in [4.69, 9.17) is 25.2 Å². The van der Waals surface area contributed by atoms with Gasteiger partial charge in [-0.1, -0.05) is 233 Å². The molecule has 0 aromatic carbocycles. The number of rotatable bonds is 51. The molecule has 68 heavy (non-hydrogen) atoms. The normalized spacial score (nSPS) is 12.9. The summed E-state index contributed by atoms with van der Waals surface area (Å²) < 4.78 is 4.85. The predicted octanol–water partition coefficient (Wildman–Crippen LogP) is 14.7. The van der Waals surface area contributed by atoms with Gasteiger partial charge < -0.3 is 40.5 Å². The van der Waals surface area contributed by atoms with E-state index in [1.165, 1.54) is 148 Å². The summed E-state index contributed by atoms with van der Waals surface area (Å²) in [6.45, 7) is 6.12. The van der Waals surface area contributed by atoms with Crippen molar-refractivity contribution < 1.29 is 54.9 Å². The summed E-state index contributed by atoms with van der Waals surface area (Å²) in [6, 6.07) is 0. The van der Waals surface area contributed by atoms with Crippen molar-refractivity contribution in [2.45, 2.75) is 334 Å². The quantitative estimate of drug-likeness (QED) is 0.0226. The molecule has 408 valence electrons. The van der Waals surface area contributed by atoms with Gasteiger partial charge in [-0.2, -0.15) is 0 Å². The fraction of sp³-hybridized carbons (Fsp3) is 0.947. The van der Waals surface area contributed by atoms with Crippen molar-refractivity contribution in [2.75, 3.05) is 13.2 Å². The highest BCUT2D eigenvalue weighted by Gasteiger charge is 2.09. The van der Waals surface area contributed by atoms with Crippen molar-refractivity contribution in [2.24, 2.45) is 0 Å². The van der Waals surface area contributed by atoms with Gasteiger partial charge in [-0.3, -0.25) is 14.4 Å². The third-order valence-electron chi connectivity index (χ3n) is 12.8. The first kappa shape index (κ1) is 70.5. The summed E-state index contributed by atoms with van der Waals surface area (Å²) in [5, 5.41) is 64.3. The van der Waals surface area contributed by atoms with E-state index in [1.54, 1.807) is 0 Å². The van der Waals surface area contributed by atoms with Crippen LogP contribution in [0.5, 0.6) is 0 Å². The van der Waals surface area contributed by atoms with Crippen molar-refractivity contribution in [3.8, 4) is 0 Å². The van der Waals surface area contributed by atoms with Gasteiger partial charge in [-0.05, 0) is 57.8 Å². The molecule has 7 N–H and O–H groups in total. The van der Waals surface area contributed by atoms with Gasteiger partial charge in [-0.15, -0.1) is 0 Å². The molecule has 0 bridgehead atoms. The molecule has 0 fully saturated rings. The monoisotopic (exact) mass is 975 g/mol. The number of carboxylic acids is 2. The van der Waals surface area contributed by atoms with E-state index in [2.05, 4.69) is 20.8 Å². The van der Waals surface area contributed by atoms with Gasteiger partial charge in [-0.25, -0.2) is 0 Å². The summed E-state index contributed by atoms with van der Waals surface area (Å²) >= 11 is 0. The minimum atomic E-state index is -0.971. The van der Waals surface area contributed by atoms with Crippen molar-refractivity contribution in [1.82, 2.24) is 0 Å². The van der Waals surface area contributed by atoms with Gasteiger partial charge in [0, 0.05) is 19.3 Å². The lowest BCUT2D eigenvalue weighted by atomic mass is 10.0. The summed E-state index contributed by atoms with van der Waals surface area (Å²) in [5.41, 5.74) is 0. The minimum Gasteiger partial charge on any atom is -0.481 e. The van der Waals surface area contributed by atoms with E-state index < -0.39 is 18.0 Å². The predicted molar refractivity (Wildman–Crippen MR) is 282 cm³/mol. The first-order valence-electron chi connectivity index (χ1n) is 28.8. The molecule has 11 nitrogen and oxygen atoms in total. The zero-order valence-corrected chi connectivity index (χ0v) is 44.8. The second-order valence-corrected chi connectivity index (χ2v) is 19.9. The summed E-state index contributed by atoms with van der Waals surface area (Å²) in [4.78, 5) is 32.1. The lowest BCUT2D eigenvalue weighted by Gasteiger charge is -2.10. The number of aliphatic carboxylic acids is 2. The van der Waals surface area contributed by atoms with Crippen LogP contribution in [0.25, 0.3) is 0 Å².